The minimum absolute atomic E-state index is 0.175. The van der Waals surface area contributed by atoms with Crippen LogP contribution in [0.5, 0.6) is 0 Å². The Bertz CT molecular complexity index is 570. The predicted octanol–water partition coefficient (Wildman–Crippen LogP) is 2.64. The Balaban J connectivity index is 2.07. The number of carbonyl (C=O) groups excluding carboxylic acids is 1. The largest absolute Gasteiger partial charge is 0.416 e. The molecule has 7 heteroatoms. The molecule has 1 atom stereocenters. The zero-order valence-electron chi connectivity index (χ0n) is 13.5. The summed E-state index contributed by atoms with van der Waals surface area (Å²) in [5.74, 6) is -0.280. The Morgan fingerprint density at radius 2 is 2.12 bits per heavy atom. The average molecular weight is 345 g/mol. The molecule has 2 N–H and O–H groups in total. The number of hydrogen-bond donors (Lipinski definition) is 2. The summed E-state index contributed by atoms with van der Waals surface area (Å²) < 4.78 is 43.5. The molecule has 1 aromatic carbocycles. The SMILES string of the molecule is COCC(O)CCNC(=O)C1(c2cccc(C(F)(F)F)c2)CCC1. The van der Waals surface area contributed by atoms with E-state index in [9.17, 15) is 23.1 Å². The maximum atomic E-state index is 12.9. The van der Waals surface area contributed by atoms with Crippen molar-refractivity contribution in [1.29, 1.82) is 0 Å². The van der Waals surface area contributed by atoms with Crippen LogP contribution in [0.2, 0.25) is 0 Å². The molecule has 0 aromatic heterocycles. The van der Waals surface area contributed by atoms with Crippen LogP contribution >= 0.6 is 0 Å². The van der Waals surface area contributed by atoms with Crippen LogP contribution in [-0.4, -0.2) is 37.4 Å². The van der Waals surface area contributed by atoms with Crippen LogP contribution in [-0.2, 0) is 21.1 Å². The maximum Gasteiger partial charge on any atom is 0.416 e. The van der Waals surface area contributed by atoms with Gasteiger partial charge in [-0.05, 0) is 30.9 Å². The van der Waals surface area contributed by atoms with Gasteiger partial charge in [0.15, 0.2) is 0 Å². The molecular formula is C17H22F3NO3. The number of hydrogen-bond acceptors (Lipinski definition) is 3. The average Bonchev–Trinajstić information content (AvgIpc) is 2.46. The highest BCUT2D eigenvalue weighted by atomic mass is 19.4. The summed E-state index contributed by atoms with van der Waals surface area (Å²) >= 11 is 0. The molecule has 0 spiro atoms. The van der Waals surface area contributed by atoms with E-state index in [0.29, 0.717) is 24.8 Å². The van der Waals surface area contributed by atoms with E-state index in [2.05, 4.69) is 5.32 Å². The molecule has 1 aromatic rings. The molecule has 0 radical (unpaired) electrons. The molecule has 24 heavy (non-hydrogen) atoms. The molecule has 134 valence electrons. The Morgan fingerprint density at radius 3 is 2.67 bits per heavy atom. The fourth-order valence-corrected chi connectivity index (χ4v) is 2.97. The number of carbonyl (C=O) groups is 1. The number of methoxy groups -OCH3 is 1. The van der Waals surface area contributed by atoms with Crippen LogP contribution in [0, 0.1) is 0 Å². The van der Waals surface area contributed by atoms with Gasteiger partial charge < -0.3 is 15.2 Å². The number of amides is 1. The molecule has 4 nitrogen and oxygen atoms in total. The fourth-order valence-electron chi connectivity index (χ4n) is 2.97. The van der Waals surface area contributed by atoms with Crippen molar-refractivity contribution in [2.45, 2.75) is 43.4 Å². The van der Waals surface area contributed by atoms with Gasteiger partial charge in [-0.15, -0.1) is 0 Å². The van der Waals surface area contributed by atoms with Crippen LogP contribution in [0.4, 0.5) is 13.2 Å². The Labute approximate surface area is 139 Å². The fraction of sp³-hybridized carbons (Fsp3) is 0.588. The van der Waals surface area contributed by atoms with Crippen LogP contribution in [0.15, 0.2) is 24.3 Å². The maximum absolute atomic E-state index is 12.9. The van der Waals surface area contributed by atoms with Gasteiger partial charge in [0.25, 0.3) is 0 Å². The molecule has 0 bridgehead atoms. The molecule has 0 aliphatic heterocycles. The Kier molecular flexibility index (Phi) is 5.87. The van der Waals surface area contributed by atoms with Gasteiger partial charge in [-0.3, -0.25) is 4.79 Å². The quantitative estimate of drug-likeness (QED) is 0.799. The zero-order chi connectivity index (χ0) is 17.8. The molecule has 1 aliphatic carbocycles. The van der Waals surface area contributed by atoms with Gasteiger partial charge in [0.05, 0.1) is 23.7 Å². The van der Waals surface area contributed by atoms with Crippen molar-refractivity contribution in [3.05, 3.63) is 35.4 Å². The number of ether oxygens (including phenoxy) is 1. The van der Waals surface area contributed by atoms with Gasteiger partial charge >= 0.3 is 6.18 Å². The Hall–Kier alpha value is -1.60. The molecule has 1 fully saturated rings. The highest BCUT2D eigenvalue weighted by molar-refractivity contribution is 5.89. The standard InChI is InChI=1S/C17H22F3NO3/c1-24-11-14(22)6-9-21-15(23)16(7-3-8-16)12-4-2-5-13(10-12)17(18,19)20/h2,4-5,10,14,22H,3,6-9,11H2,1H3,(H,21,23). The normalized spacial score (nSPS) is 17.9. The summed E-state index contributed by atoms with van der Waals surface area (Å²) in [7, 11) is 1.47. The van der Waals surface area contributed by atoms with Crippen LogP contribution in [0.1, 0.15) is 36.8 Å². The van der Waals surface area contributed by atoms with Crippen LogP contribution < -0.4 is 5.32 Å². The van der Waals surface area contributed by atoms with Gasteiger partial charge in [0.1, 0.15) is 0 Å². The summed E-state index contributed by atoms with van der Waals surface area (Å²) in [5, 5.41) is 12.3. The van der Waals surface area contributed by atoms with E-state index in [1.807, 2.05) is 0 Å². The van der Waals surface area contributed by atoms with E-state index in [1.54, 1.807) is 6.07 Å². The van der Waals surface area contributed by atoms with E-state index >= 15 is 0 Å². The summed E-state index contributed by atoms with van der Waals surface area (Å²) in [6, 6.07) is 5.00. The number of aliphatic hydroxyl groups is 1. The number of benzene rings is 1. The minimum atomic E-state index is -4.43. The minimum Gasteiger partial charge on any atom is -0.391 e. The second-order valence-electron chi connectivity index (χ2n) is 6.17. The van der Waals surface area contributed by atoms with Crippen molar-refractivity contribution in [3.63, 3.8) is 0 Å². The summed E-state index contributed by atoms with van der Waals surface area (Å²) in [6.07, 6.45) is -2.92. The lowest BCUT2D eigenvalue weighted by molar-refractivity contribution is -0.138. The first kappa shape index (κ1) is 18.7. The van der Waals surface area contributed by atoms with Crippen molar-refractivity contribution >= 4 is 5.91 Å². The highest BCUT2D eigenvalue weighted by Crippen LogP contribution is 2.45. The zero-order valence-corrected chi connectivity index (χ0v) is 13.5. The number of aliphatic hydroxyl groups excluding tert-OH is 1. The van der Waals surface area contributed by atoms with Gasteiger partial charge in [-0.2, -0.15) is 13.2 Å². The molecule has 0 saturated heterocycles. The summed E-state index contributed by atoms with van der Waals surface area (Å²) in [4.78, 5) is 12.5. The molecule has 0 heterocycles. The summed E-state index contributed by atoms with van der Waals surface area (Å²) in [5.41, 5.74) is -1.24. The third kappa shape index (κ3) is 4.08. The molecule has 1 amide bonds. The first-order valence-electron chi connectivity index (χ1n) is 7.92. The van der Waals surface area contributed by atoms with E-state index < -0.39 is 23.3 Å². The molecule has 1 saturated carbocycles. The van der Waals surface area contributed by atoms with Gasteiger partial charge in [0.2, 0.25) is 5.91 Å². The third-order valence-electron chi connectivity index (χ3n) is 4.51. The third-order valence-corrected chi connectivity index (χ3v) is 4.51. The van der Waals surface area contributed by atoms with Crippen LogP contribution in [0.25, 0.3) is 0 Å². The first-order valence-corrected chi connectivity index (χ1v) is 7.92. The van der Waals surface area contributed by atoms with Gasteiger partial charge in [0, 0.05) is 13.7 Å². The topological polar surface area (TPSA) is 58.6 Å². The first-order chi connectivity index (χ1) is 11.3. The number of alkyl halides is 3. The van der Waals surface area contributed by atoms with Crippen molar-refractivity contribution in [2.75, 3.05) is 20.3 Å². The van der Waals surface area contributed by atoms with Crippen molar-refractivity contribution in [2.24, 2.45) is 0 Å². The predicted molar refractivity (Wildman–Crippen MR) is 82.5 cm³/mol. The smallest absolute Gasteiger partial charge is 0.391 e. The van der Waals surface area contributed by atoms with E-state index in [4.69, 9.17) is 4.74 Å². The lowest BCUT2D eigenvalue weighted by Crippen LogP contribution is -2.49. The number of nitrogens with one attached hydrogen (secondary N) is 1. The van der Waals surface area contributed by atoms with Crippen molar-refractivity contribution in [1.82, 2.24) is 5.32 Å². The molecule has 1 unspecified atom stereocenters. The van der Waals surface area contributed by atoms with Gasteiger partial charge in [-0.1, -0.05) is 24.6 Å². The summed E-state index contributed by atoms with van der Waals surface area (Å²) in [6.45, 7) is 0.429. The Morgan fingerprint density at radius 1 is 1.42 bits per heavy atom. The van der Waals surface area contributed by atoms with E-state index in [0.717, 1.165) is 18.6 Å². The second kappa shape index (κ2) is 7.53. The van der Waals surface area contributed by atoms with Gasteiger partial charge in [-0.25, -0.2) is 0 Å². The monoisotopic (exact) mass is 345 g/mol. The van der Waals surface area contributed by atoms with Crippen molar-refractivity contribution < 1.29 is 27.8 Å². The second-order valence-corrected chi connectivity index (χ2v) is 6.17. The van der Waals surface area contributed by atoms with E-state index in [1.165, 1.54) is 13.2 Å². The molecular weight excluding hydrogens is 323 g/mol. The lowest BCUT2D eigenvalue weighted by atomic mass is 9.63. The van der Waals surface area contributed by atoms with Crippen LogP contribution in [0.3, 0.4) is 0 Å². The van der Waals surface area contributed by atoms with E-state index in [-0.39, 0.29) is 19.1 Å². The highest BCUT2D eigenvalue weighted by Gasteiger charge is 2.46. The van der Waals surface area contributed by atoms with Crippen molar-refractivity contribution in [3.8, 4) is 0 Å². The number of rotatable bonds is 7. The molecule has 1 aliphatic rings. The lowest BCUT2D eigenvalue weighted by Gasteiger charge is -2.41. The molecule has 2 rings (SSSR count). The number of halogens is 3.